The third-order valence-corrected chi connectivity index (χ3v) is 7.10. The molecular weight excluding hydrogens is 356 g/mol. The van der Waals surface area contributed by atoms with E-state index in [4.69, 9.17) is 46.4 Å². The summed E-state index contributed by atoms with van der Waals surface area (Å²) in [5.74, 6) is -2.10. The Kier molecular flexibility index (Phi) is 4.65. The minimum Gasteiger partial charge on any atom is -0.590 e. The zero-order chi connectivity index (χ0) is 14.4. The Morgan fingerprint density at radius 2 is 1.63 bits per heavy atom. The van der Waals surface area contributed by atoms with Crippen molar-refractivity contribution in [3.63, 3.8) is 0 Å². The predicted octanol–water partition coefficient (Wildman–Crippen LogP) is 2.54. The normalized spacial score (nSPS) is 29.1. The molecule has 0 aromatic rings. The van der Waals surface area contributed by atoms with Gasteiger partial charge in [0.1, 0.15) is 11.4 Å². The molecule has 106 valence electrons. The lowest BCUT2D eigenvalue weighted by Gasteiger charge is -2.27. The summed E-state index contributed by atoms with van der Waals surface area (Å²) in [7, 11) is 0. The SMILES string of the molecule is O=C1C2CC=CCC2C(=O)N1[S+]([O-])C(Cl)(Cl)C(Cl)Cl. The van der Waals surface area contributed by atoms with Crippen molar-refractivity contribution in [3.05, 3.63) is 12.2 Å². The van der Waals surface area contributed by atoms with Gasteiger partial charge in [0.2, 0.25) is 0 Å². The van der Waals surface area contributed by atoms with E-state index in [2.05, 4.69) is 0 Å². The fraction of sp³-hybridized carbons (Fsp3) is 0.600. The Morgan fingerprint density at radius 1 is 1.21 bits per heavy atom. The van der Waals surface area contributed by atoms with Gasteiger partial charge >= 0.3 is 3.67 Å². The summed E-state index contributed by atoms with van der Waals surface area (Å²) in [6.07, 6.45) is 4.51. The largest absolute Gasteiger partial charge is 0.590 e. The molecule has 1 heterocycles. The number of imide groups is 1. The first-order valence-electron chi connectivity index (χ1n) is 5.39. The quantitative estimate of drug-likeness (QED) is 0.334. The maximum absolute atomic E-state index is 12.2. The van der Waals surface area contributed by atoms with Crippen LogP contribution in [0.4, 0.5) is 0 Å². The highest BCUT2D eigenvalue weighted by Crippen LogP contribution is 2.44. The van der Waals surface area contributed by atoms with Crippen LogP contribution in [0.1, 0.15) is 12.8 Å². The highest BCUT2D eigenvalue weighted by molar-refractivity contribution is 7.94. The molecule has 2 amide bonds. The third kappa shape index (κ3) is 2.61. The van der Waals surface area contributed by atoms with E-state index in [1.54, 1.807) is 0 Å². The van der Waals surface area contributed by atoms with Crippen molar-refractivity contribution < 1.29 is 14.1 Å². The lowest BCUT2D eigenvalue weighted by Crippen LogP contribution is -2.48. The zero-order valence-corrected chi connectivity index (χ0v) is 13.2. The van der Waals surface area contributed by atoms with Crippen LogP contribution in [0, 0.1) is 11.8 Å². The van der Waals surface area contributed by atoms with E-state index in [0.717, 1.165) is 0 Å². The van der Waals surface area contributed by atoms with Gasteiger partial charge in [-0.05, 0) is 36.0 Å². The van der Waals surface area contributed by atoms with Crippen molar-refractivity contribution in [2.24, 2.45) is 11.8 Å². The first-order valence-corrected chi connectivity index (χ1v) is 8.12. The molecule has 0 N–H and O–H groups in total. The standard InChI is InChI=1S/C10H9Cl4NO3S/c11-9(12)10(13,14)19(18)15-7(16)5-3-1-2-4-6(5)8(15)17/h1-2,5-6,9H,3-4H2. The van der Waals surface area contributed by atoms with E-state index < -0.39 is 43.5 Å². The van der Waals surface area contributed by atoms with Gasteiger partial charge in [0.25, 0.3) is 11.8 Å². The molecule has 1 fully saturated rings. The summed E-state index contributed by atoms with van der Waals surface area (Å²) in [5, 5.41) is 0. The molecule has 3 unspecified atom stereocenters. The molecule has 4 nitrogen and oxygen atoms in total. The lowest BCUT2D eigenvalue weighted by atomic mass is 9.85. The molecule has 0 aromatic heterocycles. The second-order valence-electron chi connectivity index (χ2n) is 4.24. The van der Waals surface area contributed by atoms with Crippen molar-refractivity contribution in [2.75, 3.05) is 0 Å². The third-order valence-electron chi connectivity index (χ3n) is 3.12. The van der Waals surface area contributed by atoms with E-state index >= 15 is 0 Å². The minimum absolute atomic E-state index is 0.436. The zero-order valence-electron chi connectivity index (χ0n) is 9.39. The van der Waals surface area contributed by atoms with Crippen LogP contribution in [0.2, 0.25) is 0 Å². The van der Waals surface area contributed by atoms with E-state index in [-0.39, 0.29) is 0 Å². The molecule has 2 aliphatic rings. The summed E-state index contributed by atoms with van der Waals surface area (Å²) in [4.78, 5) is 22.9. The smallest absolute Gasteiger partial charge is 0.328 e. The number of carbonyl (C=O) groups is 2. The molecule has 1 aliphatic carbocycles. The number of halogens is 4. The first-order chi connectivity index (χ1) is 8.78. The summed E-state index contributed by atoms with van der Waals surface area (Å²) in [6, 6.07) is 0. The molecule has 1 saturated heterocycles. The molecule has 9 heteroatoms. The van der Waals surface area contributed by atoms with Crippen molar-refractivity contribution >= 4 is 69.6 Å². The van der Waals surface area contributed by atoms with Crippen molar-refractivity contribution in [3.8, 4) is 0 Å². The monoisotopic (exact) mass is 363 g/mol. The van der Waals surface area contributed by atoms with E-state index in [0.29, 0.717) is 17.1 Å². The maximum Gasteiger partial charge on any atom is 0.328 e. The maximum atomic E-state index is 12.2. The van der Waals surface area contributed by atoms with Crippen LogP contribution in [-0.4, -0.2) is 29.2 Å². The number of hydrogen-bond donors (Lipinski definition) is 0. The second-order valence-corrected chi connectivity index (χ2v) is 8.68. The molecule has 3 atom stereocenters. The number of fused-ring (bicyclic) bond motifs is 1. The highest BCUT2D eigenvalue weighted by atomic mass is 35.5. The van der Waals surface area contributed by atoms with Gasteiger partial charge in [-0.2, -0.15) is 0 Å². The Hall–Kier alpha value is 0.350. The number of hydrogen-bond acceptors (Lipinski definition) is 3. The summed E-state index contributed by atoms with van der Waals surface area (Å²) < 4.78 is 10.7. The highest BCUT2D eigenvalue weighted by Gasteiger charge is 2.60. The molecular formula is C10H9Cl4NO3S. The van der Waals surface area contributed by atoms with E-state index in [1.165, 1.54) is 0 Å². The molecule has 0 spiro atoms. The molecule has 0 radical (unpaired) electrons. The van der Waals surface area contributed by atoms with Crippen LogP contribution in [0.3, 0.4) is 0 Å². The number of rotatable bonds is 3. The van der Waals surface area contributed by atoms with Gasteiger partial charge < -0.3 is 4.55 Å². The molecule has 1 aliphatic heterocycles. The van der Waals surface area contributed by atoms with Crippen molar-refractivity contribution in [1.82, 2.24) is 4.31 Å². The van der Waals surface area contributed by atoms with Gasteiger partial charge in [0, 0.05) is 0 Å². The van der Waals surface area contributed by atoms with Crippen molar-refractivity contribution in [1.29, 1.82) is 0 Å². The van der Waals surface area contributed by atoms with Gasteiger partial charge in [-0.1, -0.05) is 39.7 Å². The van der Waals surface area contributed by atoms with E-state index in [9.17, 15) is 14.1 Å². The van der Waals surface area contributed by atoms with Gasteiger partial charge in [0.15, 0.2) is 4.84 Å². The first kappa shape index (κ1) is 15.7. The number of carbonyl (C=O) groups excluding carboxylic acids is 2. The molecule has 0 bridgehead atoms. The van der Waals surface area contributed by atoms with Gasteiger partial charge in [-0.3, -0.25) is 9.59 Å². The predicted molar refractivity (Wildman–Crippen MR) is 75.3 cm³/mol. The Morgan fingerprint density at radius 3 is 2.00 bits per heavy atom. The van der Waals surface area contributed by atoms with Crippen LogP contribution in [0.15, 0.2) is 12.2 Å². The summed E-state index contributed by atoms with van der Waals surface area (Å²) >= 11 is 20.3. The second kappa shape index (κ2) is 5.62. The van der Waals surface area contributed by atoms with Gasteiger partial charge in [0.05, 0.1) is 11.8 Å². The van der Waals surface area contributed by atoms with Gasteiger partial charge in [-0.15, -0.1) is 0 Å². The number of alkyl halides is 4. The Labute approximate surface area is 133 Å². The molecule has 19 heavy (non-hydrogen) atoms. The molecule has 2 rings (SSSR count). The lowest BCUT2D eigenvalue weighted by molar-refractivity contribution is -0.133. The van der Waals surface area contributed by atoms with Crippen LogP contribution in [-0.2, 0) is 21.0 Å². The fourth-order valence-corrected chi connectivity index (χ4v) is 4.00. The minimum atomic E-state index is -2.34. The van der Waals surface area contributed by atoms with E-state index in [1.807, 2.05) is 12.2 Å². The van der Waals surface area contributed by atoms with Crippen LogP contribution >= 0.6 is 46.4 Å². The number of amides is 2. The van der Waals surface area contributed by atoms with Crippen molar-refractivity contribution in [2.45, 2.75) is 21.3 Å². The van der Waals surface area contributed by atoms with Crippen LogP contribution < -0.4 is 0 Å². The Balaban J connectivity index is 2.27. The summed E-state index contributed by atoms with van der Waals surface area (Å²) in [5.41, 5.74) is 0. The Bertz CT molecular complexity index is 416. The van der Waals surface area contributed by atoms with Crippen LogP contribution in [0.5, 0.6) is 0 Å². The molecule has 0 saturated carbocycles. The fourth-order valence-electron chi connectivity index (χ4n) is 2.13. The average molecular weight is 365 g/mol. The summed E-state index contributed by atoms with van der Waals surface area (Å²) in [6.45, 7) is 0. The topological polar surface area (TPSA) is 60.4 Å². The average Bonchev–Trinajstić information content (AvgIpc) is 2.61. The van der Waals surface area contributed by atoms with Gasteiger partial charge in [-0.25, -0.2) is 0 Å². The van der Waals surface area contributed by atoms with Crippen LogP contribution in [0.25, 0.3) is 0 Å². The molecule has 0 aromatic carbocycles. The number of allylic oxidation sites excluding steroid dienone is 2. The number of nitrogens with zero attached hydrogens (tertiary/aromatic N) is 1.